The summed E-state index contributed by atoms with van der Waals surface area (Å²) in [4.78, 5) is 30.1. The first-order valence-electron chi connectivity index (χ1n) is 16.8. The van der Waals surface area contributed by atoms with Crippen molar-refractivity contribution in [3.05, 3.63) is 135 Å². The molecule has 260 valence electrons. The third-order valence-corrected chi connectivity index (χ3v) is 11.2. The number of carbonyl (C=O) groups excluding carboxylic acids is 2. The number of benzene rings is 3. The van der Waals surface area contributed by atoms with Crippen molar-refractivity contribution in [3.8, 4) is 21.9 Å². The Kier molecular flexibility index (Phi) is 14.3. The SMILES string of the molecule is C=CC(=C)C(=O)c1cc(C=O)sc1CSCc1sc(-c2ccc(N(c3ccc(C)cc3)c3ccc(C)cc3)cc2)c2c1OCCO2.CC.CC. The van der Waals surface area contributed by atoms with Gasteiger partial charge in [0.05, 0.1) is 14.6 Å². The average Bonchev–Trinajstić information content (AvgIpc) is 3.76. The van der Waals surface area contributed by atoms with Crippen LogP contribution in [0.2, 0.25) is 0 Å². The molecule has 8 heteroatoms. The van der Waals surface area contributed by atoms with Gasteiger partial charge in [0.2, 0.25) is 0 Å². The maximum absolute atomic E-state index is 12.8. The van der Waals surface area contributed by atoms with Gasteiger partial charge in [-0.1, -0.05) is 94.5 Å². The first kappa shape index (κ1) is 38.4. The fourth-order valence-electron chi connectivity index (χ4n) is 5.20. The van der Waals surface area contributed by atoms with Crippen LogP contribution in [0, 0.1) is 13.8 Å². The van der Waals surface area contributed by atoms with Crippen LogP contribution in [-0.4, -0.2) is 25.3 Å². The van der Waals surface area contributed by atoms with E-state index < -0.39 is 0 Å². The molecule has 0 fully saturated rings. The zero-order valence-electron chi connectivity index (χ0n) is 29.7. The zero-order valence-corrected chi connectivity index (χ0v) is 32.2. The van der Waals surface area contributed by atoms with Crippen molar-refractivity contribution in [2.75, 3.05) is 18.1 Å². The highest BCUT2D eigenvalue weighted by Gasteiger charge is 2.26. The first-order chi connectivity index (χ1) is 24.4. The van der Waals surface area contributed by atoms with Gasteiger partial charge >= 0.3 is 0 Å². The molecule has 3 aromatic carbocycles. The third-order valence-electron chi connectivity index (χ3n) is 7.63. The standard InChI is InChI=1S/C38H33NO4S3.2C2H6/c1-5-26(4)35(41)32-20-31(21-40)45-33(32)22-44-23-34-36-37(43-19-18-42-36)38(46-34)27-10-16-30(17-11-27)39(28-12-6-24(2)7-13-28)29-14-8-25(3)9-15-29;2*1-2/h5-17,20-21H,1,4,18-19,22-23H2,2-3H3;2*1-2H3. The highest BCUT2D eigenvalue weighted by atomic mass is 32.2. The first-order valence-corrected chi connectivity index (χ1v) is 19.6. The number of Topliss-reactive ketones (excluding diaryl/α,β-unsaturated/α-hetero) is 1. The Morgan fingerprint density at radius 1 is 0.780 bits per heavy atom. The fourth-order valence-corrected chi connectivity index (χ4v) is 8.69. The van der Waals surface area contributed by atoms with Crippen LogP contribution in [0.3, 0.4) is 0 Å². The van der Waals surface area contributed by atoms with E-state index in [-0.39, 0.29) is 5.78 Å². The average molecular weight is 724 g/mol. The third kappa shape index (κ3) is 8.85. The molecule has 0 aliphatic carbocycles. The Bertz CT molecular complexity index is 1860. The summed E-state index contributed by atoms with van der Waals surface area (Å²) in [5.41, 5.74) is 7.58. The van der Waals surface area contributed by atoms with Crippen molar-refractivity contribution >= 4 is 63.6 Å². The molecule has 0 radical (unpaired) electrons. The second-order valence-electron chi connectivity index (χ2n) is 10.9. The Balaban J connectivity index is 0.00000136. The zero-order chi connectivity index (χ0) is 36.2. The van der Waals surface area contributed by atoms with E-state index in [2.05, 4.69) is 105 Å². The number of ether oxygens (including phenoxy) is 2. The minimum atomic E-state index is -0.200. The number of thioether (sulfide) groups is 1. The summed E-state index contributed by atoms with van der Waals surface area (Å²) in [6.07, 6.45) is 2.23. The molecule has 0 N–H and O–H groups in total. The van der Waals surface area contributed by atoms with Gasteiger partial charge in [-0.25, -0.2) is 0 Å². The lowest BCUT2D eigenvalue weighted by Crippen LogP contribution is -2.15. The van der Waals surface area contributed by atoms with Gasteiger partial charge in [0.15, 0.2) is 23.6 Å². The van der Waals surface area contributed by atoms with E-state index in [9.17, 15) is 9.59 Å². The van der Waals surface area contributed by atoms with Gasteiger partial charge in [0.25, 0.3) is 0 Å². The summed E-state index contributed by atoms with van der Waals surface area (Å²) in [5.74, 6) is 2.63. The van der Waals surface area contributed by atoms with Crippen LogP contribution in [0.1, 0.15) is 68.6 Å². The highest BCUT2D eigenvalue weighted by molar-refractivity contribution is 7.98. The van der Waals surface area contributed by atoms with Crippen molar-refractivity contribution in [1.29, 1.82) is 0 Å². The van der Waals surface area contributed by atoms with Gasteiger partial charge in [-0.3, -0.25) is 9.59 Å². The van der Waals surface area contributed by atoms with Gasteiger partial charge in [-0.2, -0.15) is 11.8 Å². The lowest BCUT2D eigenvalue weighted by molar-refractivity contribution is 0.103. The van der Waals surface area contributed by atoms with Crippen molar-refractivity contribution in [2.24, 2.45) is 0 Å². The number of aryl methyl sites for hydroxylation is 2. The van der Waals surface area contributed by atoms with E-state index in [4.69, 9.17) is 9.47 Å². The van der Waals surface area contributed by atoms with Gasteiger partial charge in [-0.15, -0.1) is 22.7 Å². The summed E-state index contributed by atoms with van der Waals surface area (Å²) in [6, 6.07) is 27.4. The number of nitrogens with zero attached hydrogens (tertiary/aromatic N) is 1. The molecule has 0 saturated heterocycles. The molecule has 2 aromatic heterocycles. The van der Waals surface area contributed by atoms with Crippen molar-refractivity contribution in [3.63, 3.8) is 0 Å². The lowest BCUT2D eigenvalue weighted by Gasteiger charge is -2.26. The molecule has 1 aliphatic rings. The van der Waals surface area contributed by atoms with E-state index in [0.717, 1.165) is 55.0 Å². The van der Waals surface area contributed by atoms with Gasteiger partial charge in [-0.05, 0) is 61.9 Å². The predicted molar refractivity (Wildman–Crippen MR) is 216 cm³/mol. The summed E-state index contributed by atoms with van der Waals surface area (Å²) >= 11 is 4.69. The van der Waals surface area contributed by atoms with Crippen LogP contribution >= 0.6 is 34.4 Å². The Labute approximate surface area is 309 Å². The van der Waals surface area contributed by atoms with E-state index in [1.165, 1.54) is 28.5 Å². The van der Waals surface area contributed by atoms with Crippen molar-refractivity contribution in [1.82, 2.24) is 0 Å². The molecule has 5 aromatic rings. The van der Waals surface area contributed by atoms with E-state index >= 15 is 0 Å². The predicted octanol–water partition coefficient (Wildman–Crippen LogP) is 12.6. The highest BCUT2D eigenvalue weighted by Crippen LogP contribution is 2.51. The quantitative estimate of drug-likeness (QED) is 0.0553. The van der Waals surface area contributed by atoms with Gasteiger partial charge in [0, 0.05) is 44.6 Å². The maximum Gasteiger partial charge on any atom is 0.193 e. The molecule has 0 saturated carbocycles. The molecule has 6 rings (SSSR count). The number of ketones is 1. The number of allylic oxidation sites excluding steroid dienone is 2. The second-order valence-corrected chi connectivity index (χ2v) is 14.2. The molecule has 3 heterocycles. The Hall–Kier alpha value is -4.37. The van der Waals surface area contributed by atoms with E-state index in [0.29, 0.717) is 40.7 Å². The van der Waals surface area contributed by atoms with Crippen molar-refractivity contribution in [2.45, 2.75) is 53.0 Å². The summed E-state index contributed by atoms with van der Waals surface area (Å²) in [5, 5.41) is 0. The van der Waals surface area contributed by atoms with Gasteiger partial charge < -0.3 is 14.4 Å². The number of anilines is 3. The summed E-state index contributed by atoms with van der Waals surface area (Å²) < 4.78 is 12.3. The number of aldehydes is 1. The molecular weight excluding hydrogens is 679 g/mol. The summed E-state index contributed by atoms with van der Waals surface area (Å²) in [6.45, 7) is 20.6. The van der Waals surface area contributed by atoms with Crippen LogP contribution in [-0.2, 0) is 11.5 Å². The van der Waals surface area contributed by atoms with Crippen molar-refractivity contribution < 1.29 is 19.1 Å². The topological polar surface area (TPSA) is 55.8 Å². The normalized spacial score (nSPS) is 11.3. The number of fused-ring (bicyclic) bond motifs is 1. The van der Waals surface area contributed by atoms with Crippen LogP contribution in [0.25, 0.3) is 10.4 Å². The summed E-state index contributed by atoms with van der Waals surface area (Å²) in [7, 11) is 0. The minimum absolute atomic E-state index is 0.200. The molecule has 5 nitrogen and oxygen atoms in total. The molecule has 0 atom stereocenters. The van der Waals surface area contributed by atoms with Crippen LogP contribution in [0.15, 0.2) is 104 Å². The van der Waals surface area contributed by atoms with E-state index in [1.54, 1.807) is 29.2 Å². The molecular formula is C42H45NO4S3. The monoisotopic (exact) mass is 723 g/mol. The lowest BCUT2D eigenvalue weighted by atomic mass is 10.1. The number of thiophene rings is 2. The van der Waals surface area contributed by atoms with Crippen LogP contribution in [0.5, 0.6) is 11.5 Å². The van der Waals surface area contributed by atoms with E-state index in [1.807, 2.05) is 27.7 Å². The Morgan fingerprint density at radius 3 is 1.80 bits per heavy atom. The number of hydrogen-bond acceptors (Lipinski definition) is 8. The number of rotatable bonds is 12. The smallest absolute Gasteiger partial charge is 0.193 e. The molecule has 1 aliphatic heterocycles. The van der Waals surface area contributed by atoms with Crippen LogP contribution < -0.4 is 14.4 Å². The molecule has 0 amide bonds. The molecule has 50 heavy (non-hydrogen) atoms. The molecule has 0 bridgehead atoms. The van der Waals surface area contributed by atoms with Crippen LogP contribution in [0.4, 0.5) is 17.1 Å². The second kappa shape index (κ2) is 18.6. The largest absolute Gasteiger partial charge is 0.485 e. The maximum atomic E-state index is 12.8. The number of carbonyl (C=O) groups is 2. The number of hydrogen-bond donors (Lipinski definition) is 0. The molecule has 0 spiro atoms. The van der Waals surface area contributed by atoms with Gasteiger partial charge in [0.1, 0.15) is 13.2 Å². The fraction of sp³-hybridized carbons (Fsp3) is 0.238. The minimum Gasteiger partial charge on any atom is -0.485 e. The Morgan fingerprint density at radius 2 is 1.28 bits per heavy atom. The molecule has 0 unspecified atom stereocenters.